The molecule has 0 unspecified atom stereocenters. The Kier molecular flexibility index (Phi) is 5.58. The Bertz CT molecular complexity index is 627. The van der Waals surface area contributed by atoms with E-state index in [0.29, 0.717) is 18.0 Å². The lowest BCUT2D eigenvalue weighted by Gasteiger charge is -2.11. The van der Waals surface area contributed by atoms with Gasteiger partial charge in [-0.25, -0.2) is 0 Å². The van der Waals surface area contributed by atoms with Gasteiger partial charge in [-0.3, -0.25) is 0 Å². The van der Waals surface area contributed by atoms with E-state index in [4.69, 9.17) is 21.1 Å². The average Bonchev–Trinajstić information content (AvgIpc) is 2.45. The Balaban J connectivity index is 2.26. The van der Waals surface area contributed by atoms with Gasteiger partial charge in [0, 0.05) is 4.47 Å². The molecule has 1 aromatic carbocycles. The number of rotatable bonds is 6. The zero-order chi connectivity index (χ0) is 15.2. The Hall–Kier alpha value is -1.60. The molecule has 0 amide bonds. The molecule has 8 heteroatoms. The summed E-state index contributed by atoms with van der Waals surface area (Å²) in [5.41, 5.74) is 0.704. The summed E-state index contributed by atoms with van der Waals surface area (Å²) < 4.78 is 11.5. The van der Waals surface area contributed by atoms with E-state index in [1.807, 2.05) is 25.1 Å². The molecule has 0 radical (unpaired) electrons. The van der Waals surface area contributed by atoms with E-state index in [0.717, 1.165) is 10.9 Å². The molecule has 0 saturated carbocycles. The van der Waals surface area contributed by atoms with Gasteiger partial charge in [-0.15, -0.1) is 0 Å². The van der Waals surface area contributed by atoms with Crippen LogP contribution in [0.25, 0.3) is 0 Å². The van der Waals surface area contributed by atoms with Crippen molar-refractivity contribution in [2.75, 3.05) is 19.0 Å². The summed E-state index contributed by atoms with van der Waals surface area (Å²) in [5, 5.41) is 3.10. The van der Waals surface area contributed by atoms with Gasteiger partial charge in [-0.1, -0.05) is 22.9 Å². The minimum absolute atomic E-state index is 0.0626. The summed E-state index contributed by atoms with van der Waals surface area (Å²) in [5.74, 6) is 0.947. The highest BCUT2D eigenvalue weighted by molar-refractivity contribution is 9.10. The molecule has 0 atom stereocenters. The van der Waals surface area contributed by atoms with Crippen molar-refractivity contribution >= 4 is 39.2 Å². The van der Waals surface area contributed by atoms with Crippen LogP contribution >= 0.6 is 27.5 Å². The van der Waals surface area contributed by atoms with E-state index in [1.165, 1.54) is 0 Å². The maximum Gasteiger partial charge on any atom is 0.322 e. The molecular weight excluding hydrogens is 360 g/mol. The summed E-state index contributed by atoms with van der Waals surface area (Å²) in [7, 11) is 1.59. The van der Waals surface area contributed by atoms with Gasteiger partial charge in [0.15, 0.2) is 0 Å². The lowest BCUT2D eigenvalue weighted by molar-refractivity contribution is 0.292. The molecule has 2 rings (SSSR count). The van der Waals surface area contributed by atoms with Crippen molar-refractivity contribution in [3.05, 3.63) is 28.0 Å². The topological polar surface area (TPSA) is 69.2 Å². The number of hydrogen-bond donors (Lipinski definition) is 1. The number of hydrogen-bond acceptors (Lipinski definition) is 6. The Labute approximate surface area is 136 Å². The molecule has 112 valence electrons. The molecule has 1 aromatic heterocycles. The van der Waals surface area contributed by atoms with Gasteiger partial charge in [-0.05, 0) is 36.2 Å². The fourth-order valence-corrected chi connectivity index (χ4v) is 2.06. The van der Waals surface area contributed by atoms with E-state index in [2.05, 4.69) is 36.2 Å². The van der Waals surface area contributed by atoms with Gasteiger partial charge in [0.05, 0.1) is 19.4 Å². The van der Waals surface area contributed by atoms with Gasteiger partial charge in [0.2, 0.25) is 11.2 Å². The Morgan fingerprint density at radius 2 is 2.10 bits per heavy atom. The largest absolute Gasteiger partial charge is 0.495 e. The SMILES string of the molecule is CCCOc1nc(Cl)nc(Nc2cc(Br)ccc2OC)n1. The molecule has 21 heavy (non-hydrogen) atoms. The fraction of sp³-hybridized carbons (Fsp3) is 0.308. The van der Waals surface area contributed by atoms with Gasteiger partial charge < -0.3 is 14.8 Å². The summed E-state index contributed by atoms with van der Waals surface area (Å²) in [6.07, 6.45) is 0.853. The van der Waals surface area contributed by atoms with Gasteiger partial charge in [0.1, 0.15) is 5.75 Å². The number of ether oxygens (including phenoxy) is 2. The molecule has 0 aliphatic rings. The molecular formula is C13H14BrClN4O2. The van der Waals surface area contributed by atoms with Crippen molar-refractivity contribution < 1.29 is 9.47 Å². The number of halogens is 2. The number of aromatic nitrogens is 3. The first-order valence-corrected chi connectivity index (χ1v) is 7.44. The number of methoxy groups -OCH3 is 1. The van der Waals surface area contributed by atoms with Crippen LogP contribution in [0.3, 0.4) is 0 Å². The van der Waals surface area contributed by atoms with Crippen molar-refractivity contribution in [1.82, 2.24) is 15.0 Å². The summed E-state index contributed by atoms with van der Waals surface area (Å²) >= 11 is 9.28. The number of benzene rings is 1. The smallest absolute Gasteiger partial charge is 0.322 e. The predicted octanol–water partition coefficient (Wildman–Crippen LogP) is 3.83. The van der Waals surface area contributed by atoms with E-state index < -0.39 is 0 Å². The third-order valence-electron chi connectivity index (χ3n) is 2.43. The van der Waals surface area contributed by atoms with Crippen molar-refractivity contribution in [3.63, 3.8) is 0 Å². The maximum atomic E-state index is 5.88. The first-order valence-electron chi connectivity index (χ1n) is 6.27. The van der Waals surface area contributed by atoms with Crippen molar-refractivity contribution in [1.29, 1.82) is 0 Å². The highest BCUT2D eigenvalue weighted by Gasteiger charge is 2.09. The Morgan fingerprint density at radius 1 is 1.29 bits per heavy atom. The van der Waals surface area contributed by atoms with Crippen LogP contribution < -0.4 is 14.8 Å². The highest BCUT2D eigenvalue weighted by atomic mass is 79.9. The van der Waals surface area contributed by atoms with E-state index in [1.54, 1.807) is 7.11 Å². The minimum atomic E-state index is 0.0626. The molecule has 1 heterocycles. The van der Waals surface area contributed by atoms with Gasteiger partial charge in [0.25, 0.3) is 0 Å². The highest BCUT2D eigenvalue weighted by Crippen LogP contribution is 2.30. The zero-order valence-corrected chi connectivity index (χ0v) is 13.9. The third-order valence-corrected chi connectivity index (χ3v) is 3.09. The fourth-order valence-electron chi connectivity index (χ4n) is 1.54. The number of anilines is 2. The second-order valence-electron chi connectivity index (χ2n) is 4.03. The molecule has 0 saturated heterocycles. The van der Waals surface area contributed by atoms with E-state index >= 15 is 0 Å². The lowest BCUT2D eigenvalue weighted by atomic mass is 10.3. The second kappa shape index (κ2) is 7.42. The first kappa shape index (κ1) is 15.8. The van der Waals surface area contributed by atoms with Crippen molar-refractivity contribution in [2.45, 2.75) is 13.3 Å². The summed E-state index contributed by atoms with van der Waals surface area (Å²) in [6, 6.07) is 5.74. The average molecular weight is 374 g/mol. The predicted molar refractivity (Wildman–Crippen MR) is 84.6 cm³/mol. The van der Waals surface area contributed by atoms with Crippen molar-refractivity contribution in [2.24, 2.45) is 0 Å². The number of nitrogens with zero attached hydrogens (tertiary/aromatic N) is 3. The normalized spacial score (nSPS) is 10.3. The second-order valence-corrected chi connectivity index (χ2v) is 5.28. The monoisotopic (exact) mass is 372 g/mol. The van der Waals surface area contributed by atoms with Crippen LogP contribution in [0, 0.1) is 0 Å². The minimum Gasteiger partial charge on any atom is -0.495 e. The maximum absolute atomic E-state index is 5.88. The zero-order valence-electron chi connectivity index (χ0n) is 11.6. The third kappa shape index (κ3) is 4.44. The van der Waals surface area contributed by atoms with Gasteiger partial charge in [-0.2, -0.15) is 15.0 Å². The van der Waals surface area contributed by atoms with Crippen LogP contribution in [0.15, 0.2) is 22.7 Å². The van der Waals surface area contributed by atoms with Crippen LogP contribution in [-0.4, -0.2) is 28.7 Å². The van der Waals surface area contributed by atoms with E-state index in [-0.39, 0.29) is 17.2 Å². The summed E-state index contributed by atoms with van der Waals surface area (Å²) in [6.45, 7) is 2.51. The molecule has 6 nitrogen and oxygen atoms in total. The molecule has 0 bridgehead atoms. The Morgan fingerprint density at radius 3 is 2.81 bits per heavy atom. The molecule has 0 aliphatic heterocycles. The molecule has 0 spiro atoms. The van der Waals surface area contributed by atoms with Crippen LogP contribution in [0.1, 0.15) is 13.3 Å². The van der Waals surface area contributed by atoms with Gasteiger partial charge >= 0.3 is 6.01 Å². The molecule has 1 N–H and O–H groups in total. The number of nitrogens with one attached hydrogen (secondary N) is 1. The standard InChI is InChI=1S/C13H14BrClN4O2/c1-3-6-21-13-18-11(15)17-12(19-13)16-9-7-8(14)4-5-10(9)20-2/h4-5,7H,3,6H2,1-2H3,(H,16,17,18,19). The van der Waals surface area contributed by atoms with E-state index in [9.17, 15) is 0 Å². The molecule has 0 fully saturated rings. The van der Waals surface area contributed by atoms with Crippen LogP contribution in [0.4, 0.5) is 11.6 Å². The van der Waals surface area contributed by atoms with Crippen LogP contribution in [0.5, 0.6) is 11.8 Å². The van der Waals surface area contributed by atoms with Crippen LogP contribution in [0.2, 0.25) is 5.28 Å². The lowest BCUT2D eigenvalue weighted by Crippen LogP contribution is -2.05. The summed E-state index contributed by atoms with van der Waals surface area (Å²) in [4.78, 5) is 12.1. The first-order chi connectivity index (χ1) is 10.1. The molecule has 0 aliphatic carbocycles. The quantitative estimate of drug-likeness (QED) is 0.830. The molecule has 2 aromatic rings. The van der Waals surface area contributed by atoms with Crippen molar-refractivity contribution in [3.8, 4) is 11.8 Å². The van der Waals surface area contributed by atoms with Crippen LogP contribution in [-0.2, 0) is 0 Å².